The molecule has 1 fully saturated rings. The van der Waals surface area contributed by atoms with Gasteiger partial charge in [0.15, 0.2) is 0 Å². The second kappa shape index (κ2) is 8.03. The summed E-state index contributed by atoms with van der Waals surface area (Å²) in [7, 11) is -3.27. The van der Waals surface area contributed by atoms with Crippen LogP contribution in [0.3, 0.4) is 0 Å². The third-order valence-electron chi connectivity index (χ3n) is 3.40. The predicted molar refractivity (Wildman–Crippen MR) is 75.4 cm³/mol. The van der Waals surface area contributed by atoms with Crippen molar-refractivity contribution in [2.24, 2.45) is 0 Å². The Balaban J connectivity index is 2.67. The normalized spacial score (nSPS) is 20.6. The largest absolute Gasteiger partial charge is 0.340 e. The molecule has 1 saturated heterocycles. The van der Waals surface area contributed by atoms with Crippen molar-refractivity contribution in [2.75, 3.05) is 25.9 Å². The SMILES string of the molecule is CCOP(=O)(CC(=O)N1CCCCC1CC)OCC. The molecule has 0 aromatic heterocycles. The summed E-state index contributed by atoms with van der Waals surface area (Å²) in [5, 5.41) is 0. The van der Waals surface area contributed by atoms with Gasteiger partial charge >= 0.3 is 7.60 Å². The summed E-state index contributed by atoms with van der Waals surface area (Å²) in [6.07, 6.45) is 4.03. The average Bonchev–Trinajstić information content (AvgIpc) is 2.38. The zero-order valence-corrected chi connectivity index (χ0v) is 13.2. The van der Waals surface area contributed by atoms with E-state index in [0.717, 1.165) is 32.2 Å². The average molecular weight is 291 g/mol. The maximum atomic E-state index is 12.4. The Labute approximate surface area is 116 Å². The fourth-order valence-corrected chi connectivity index (χ4v) is 4.09. The molecule has 0 radical (unpaired) electrons. The first kappa shape index (κ1) is 16.7. The number of hydrogen-bond acceptors (Lipinski definition) is 4. The van der Waals surface area contributed by atoms with Crippen molar-refractivity contribution in [3.05, 3.63) is 0 Å². The summed E-state index contributed by atoms with van der Waals surface area (Å²) in [6.45, 7) is 6.94. The molecular formula is C13H26NO4P. The Morgan fingerprint density at radius 2 is 1.84 bits per heavy atom. The van der Waals surface area contributed by atoms with Crippen LogP contribution in [-0.2, 0) is 18.4 Å². The monoisotopic (exact) mass is 291 g/mol. The lowest BCUT2D eigenvalue weighted by Gasteiger charge is -2.35. The maximum absolute atomic E-state index is 12.4. The summed E-state index contributed by atoms with van der Waals surface area (Å²) in [4.78, 5) is 14.2. The number of hydrogen-bond donors (Lipinski definition) is 0. The highest BCUT2D eigenvalue weighted by Crippen LogP contribution is 2.48. The summed E-state index contributed by atoms with van der Waals surface area (Å²) in [5.74, 6) is -0.100. The van der Waals surface area contributed by atoms with Crippen LogP contribution in [0.5, 0.6) is 0 Å². The molecule has 19 heavy (non-hydrogen) atoms. The topological polar surface area (TPSA) is 55.8 Å². The summed E-state index contributed by atoms with van der Waals surface area (Å²) >= 11 is 0. The van der Waals surface area contributed by atoms with Crippen molar-refractivity contribution in [3.63, 3.8) is 0 Å². The summed E-state index contributed by atoms with van der Waals surface area (Å²) in [6, 6.07) is 0.276. The number of rotatable bonds is 7. The third-order valence-corrected chi connectivity index (χ3v) is 5.36. The van der Waals surface area contributed by atoms with Gasteiger partial charge < -0.3 is 13.9 Å². The molecular weight excluding hydrogens is 265 g/mol. The minimum absolute atomic E-state index is 0.100. The second-order valence-corrected chi connectivity index (χ2v) is 6.80. The van der Waals surface area contributed by atoms with Gasteiger partial charge in [-0.25, -0.2) is 0 Å². The summed E-state index contributed by atoms with van der Waals surface area (Å²) < 4.78 is 22.7. The molecule has 1 amide bonds. The van der Waals surface area contributed by atoms with Crippen LogP contribution in [0.2, 0.25) is 0 Å². The highest BCUT2D eigenvalue weighted by Gasteiger charge is 2.33. The molecule has 0 aromatic rings. The van der Waals surface area contributed by atoms with E-state index in [1.807, 2.05) is 4.90 Å². The first-order chi connectivity index (χ1) is 9.06. The minimum atomic E-state index is -3.27. The Bertz CT molecular complexity index is 325. The van der Waals surface area contributed by atoms with Gasteiger partial charge in [-0.3, -0.25) is 9.36 Å². The Morgan fingerprint density at radius 1 is 1.21 bits per heavy atom. The van der Waals surface area contributed by atoms with Gasteiger partial charge in [-0.15, -0.1) is 0 Å². The van der Waals surface area contributed by atoms with E-state index in [1.165, 1.54) is 0 Å². The van der Waals surface area contributed by atoms with Crippen molar-refractivity contribution in [3.8, 4) is 0 Å². The number of nitrogens with zero attached hydrogens (tertiary/aromatic N) is 1. The Hall–Kier alpha value is -0.380. The lowest BCUT2D eigenvalue weighted by atomic mass is 10.0. The fraction of sp³-hybridized carbons (Fsp3) is 0.923. The number of carbonyl (C=O) groups is 1. The van der Waals surface area contributed by atoms with Crippen LogP contribution in [0.1, 0.15) is 46.5 Å². The minimum Gasteiger partial charge on any atom is -0.339 e. The van der Waals surface area contributed by atoms with Gasteiger partial charge in [-0.1, -0.05) is 6.92 Å². The fourth-order valence-electron chi connectivity index (χ4n) is 2.53. The Kier molecular flexibility index (Phi) is 7.05. The highest BCUT2D eigenvalue weighted by atomic mass is 31.2. The van der Waals surface area contributed by atoms with Crippen molar-refractivity contribution in [1.82, 2.24) is 4.90 Å². The van der Waals surface area contributed by atoms with Gasteiger partial charge in [0, 0.05) is 12.6 Å². The van der Waals surface area contributed by atoms with Crippen molar-refractivity contribution < 1.29 is 18.4 Å². The molecule has 1 unspecified atom stereocenters. The van der Waals surface area contributed by atoms with Gasteiger partial charge in [-0.2, -0.15) is 0 Å². The van der Waals surface area contributed by atoms with E-state index in [2.05, 4.69) is 6.92 Å². The lowest BCUT2D eigenvalue weighted by molar-refractivity contribution is -0.132. The first-order valence-corrected chi connectivity index (χ1v) is 8.96. The van der Waals surface area contributed by atoms with Crippen LogP contribution in [0, 0.1) is 0 Å². The van der Waals surface area contributed by atoms with E-state index in [0.29, 0.717) is 13.2 Å². The van der Waals surface area contributed by atoms with Crippen LogP contribution < -0.4 is 0 Å². The molecule has 1 atom stereocenters. The van der Waals surface area contributed by atoms with E-state index in [4.69, 9.17) is 9.05 Å². The zero-order chi connectivity index (χ0) is 14.3. The molecule has 0 aliphatic carbocycles. The molecule has 6 heteroatoms. The van der Waals surface area contributed by atoms with Crippen molar-refractivity contribution in [1.29, 1.82) is 0 Å². The number of likely N-dealkylation sites (tertiary alicyclic amines) is 1. The number of piperidine rings is 1. The molecule has 1 rings (SSSR count). The van der Waals surface area contributed by atoms with E-state index in [9.17, 15) is 9.36 Å². The van der Waals surface area contributed by atoms with Gasteiger partial charge in [0.05, 0.1) is 13.2 Å². The predicted octanol–water partition coefficient (Wildman–Crippen LogP) is 3.04. The Morgan fingerprint density at radius 3 is 2.37 bits per heavy atom. The molecule has 5 nitrogen and oxygen atoms in total. The van der Waals surface area contributed by atoms with E-state index in [1.54, 1.807) is 13.8 Å². The quantitative estimate of drug-likeness (QED) is 0.676. The number of carbonyl (C=O) groups excluding carboxylic acids is 1. The van der Waals surface area contributed by atoms with Crippen LogP contribution in [0.25, 0.3) is 0 Å². The van der Waals surface area contributed by atoms with E-state index in [-0.39, 0.29) is 18.1 Å². The first-order valence-electron chi connectivity index (χ1n) is 7.23. The van der Waals surface area contributed by atoms with Gasteiger partial charge in [-0.05, 0) is 39.5 Å². The van der Waals surface area contributed by atoms with Crippen molar-refractivity contribution in [2.45, 2.75) is 52.5 Å². The molecule has 1 aliphatic rings. The van der Waals surface area contributed by atoms with Crippen molar-refractivity contribution >= 4 is 13.5 Å². The third kappa shape index (κ3) is 4.90. The maximum Gasteiger partial charge on any atom is 0.340 e. The van der Waals surface area contributed by atoms with Gasteiger partial charge in [0.2, 0.25) is 5.91 Å². The molecule has 0 saturated carbocycles. The number of amides is 1. The molecule has 0 N–H and O–H groups in total. The zero-order valence-electron chi connectivity index (χ0n) is 12.3. The molecule has 1 heterocycles. The van der Waals surface area contributed by atoms with Crippen LogP contribution in [0.4, 0.5) is 0 Å². The van der Waals surface area contributed by atoms with Crippen LogP contribution in [-0.4, -0.2) is 42.8 Å². The molecule has 1 aliphatic heterocycles. The van der Waals surface area contributed by atoms with Crippen LogP contribution >= 0.6 is 7.60 Å². The van der Waals surface area contributed by atoms with E-state index >= 15 is 0 Å². The second-order valence-electron chi connectivity index (χ2n) is 4.75. The standard InChI is InChI=1S/C13H26NO4P/c1-4-12-9-7-8-10-14(12)13(15)11-19(16,17-5-2)18-6-3/h12H,4-11H2,1-3H3. The van der Waals surface area contributed by atoms with Crippen LogP contribution in [0.15, 0.2) is 0 Å². The molecule has 0 bridgehead atoms. The smallest absolute Gasteiger partial charge is 0.339 e. The lowest BCUT2D eigenvalue weighted by Crippen LogP contribution is -2.44. The summed E-state index contributed by atoms with van der Waals surface area (Å²) in [5.41, 5.74) is 0. The van der Waals surface area contributed by atoms with Gasteiger partial charge in [0.1, 0.15) is 6.16 Å². The van der Waals surface area contributed by atoms with E-state index < -0.39 is 7.60 Å². The molecule has 0 spiro atoms. The highest BCUT2D eigenvalue weighted by molar-refractivity contribution is 7.54. The molecule has 0 aromatic carbocycles. The molecule has 112 valence electrons. The van der Waals surface area contributed by atoms with Gasteiger partial charge in [0.25, 0.3) is 0 Å².